The van der Waals surface area contributed by atoms with Gasteiger partial charge in [-0.15, -0.1) is 0 Å². The molecular weight excluding hydrogens is 236 g/mol. The lowest BCUT2D eigenvalue weighted by atomic mass is 10.1. The molecule has 0 spiro atoms. The number of nitrogens with one attached hydrogen (secondary N) is 1. The average Bonchev–Trinajstić information content (AvgIpc) is 3.09. The summed E-state index contributed by atoms with van der Waals surface area (Å²) in [6.07, 6.45) is 8.69. The van der Waals surface area contributed by atoms with Crippen molar-refractivity contribution in [3.63, 3.8) is 0 Å². The standard InChI is InChI=1S/C16H20N2O/c1-12(5-6-13-7-8-13)18-15-4-2-3-14(9-15)16-10-17-11-19-16/h2-4,9-13,18H,5-8H2,1H3/t12-/m1/s1. The number of benzene rings is 1. The highest BCUT2D eigenvalue weighted by Gasteiger charge is 2.21. The number of hydrogen-bond donors (Lipinski definition) is 1. The molecule has 0 radical (unpaired) electrons. The zero-order chi connectivity index (χ0) is 13.1. The quantitative estimate of drug-likeness (QED) is 0.835. The first-order valence-electron chi connectivity index (χ1n) is 7.07. The van der Waals surface area contributed by atoms with Crippen LogP contribution in [0.3, 0.4) is 0 Å². The Labute approximate surface area is 114 Å². The second kappa shape index (κ2) is 5.47. The van der Waals surface area contributed by atoms with E-state index >= 15 is 0 Å². The number of hydrogen-bond acceptors (Lipinski definition) is 3. The lowest BCUT2D eigenvalue weighted by Gasteiger charge is -2.15. The first-order chi connectivity index (χ1) is 9.31. The maximum atomic E-state index is 5.33. The highest BCUT2D eigenvalue weighted by molar-refractivity contribution is 5.63. The summed E-state index contributed by atoms with van der Waals surface area (Å²) >= 11 is 0. The third-order valence-electron chi connectivity index (χ3n) is 3.70. The molecule has 1 saturated carbocycles. The second-order valence-electron chi connectivity index (χ2n) is 5.51. The van der Waals surface area contributed by atoms with E-state index in [4.69, 9.17) is 4.42 Å². The minimum atomic E-state index is 0.519. The summed E-state index contributed by atoms with van der Waals surface area (Å²) in [6.45, 7) is 2.25. The van der Waals surface area contributed by atoms with E-state index in [9.17, 15) is 0 Å². The van der Waals surface area contributed by atoms with Gasteiger partial charge in [-0.1, -0.05) is 25.0 Å². The molecule has 0 bridgehead atoms. The smallest absolute Gasteiger partial charge is 0.181 e. The first kappa shape index (κ1) is 12.3. The molecule has 1 fully saturated rings. The lowest BCUT2D eigenvalue weighted by molar-refractivity contribution is 0.572. The number of aromatic nitrogens is 1. The summed E-state index contributed by atoms with van der Waals surface area (Å²) in [5, 5.41) is 3.57. The predicted octanol–water partition coefficient (Wildman–Crippen LogP) is 4.33. The molecule has 2 aromatic rings. The minimum absolute atomic E-state index is 0.519. The van der Waals surface area contributed by atoms with E-state index in [0.29, 0.717) is 6.04 Å². The first-order valence-corrected chi connectivity index (χ1v) is 7.07. The fraction of sp³-hybridized carbons (Fsp3) is 0.438. The molecule has 3 rings (SSSR count). The van der Waals surface area contributed by atoms with Crippen LogP contribution in [-0.2, 0) is 0 Å². The SMILES string of the molecule is C[C@H](CCC1CC1)Nc1cccc(-c2cnco2)c1. The van der Waals surface area contributed by atoms with Crippen molar-refractivity contribution in [2.24, 2.45) is 5.92 Å². The third-order valence-corrected chi connectivity index (χ3v) is 3.70. The summed E-state index contributed by atoms with van der Waals surface area (Å²) in [5.74, 6) is 1.82. The molecule has 0 unspecified atom stereocenters. The van der Waals surface area contributed by atoms with Gasteiger partial charge in [0.25, 0.3) is 0 Å². The molecule has 0 saturated heterocycles. The van der Waals surface area contributed by atoms with Gasteiger partial charge in [0.1, 0.15) is 0 Å². The van der Waals surface area contributed by atoms with E-state index in [1.54, 1.807) is 6.20 Å². The fourth-order valence-electron chi connectivity index (χ4n) is 2.37. The molecule has 19 heavy (non-hydrogen) atoms. The normalized spacial score (nSPS) is 16.3. The molecule has 1 aromatic heterocycles. The van der Waals surface area contributed by atoms with E-state index in [1.165, 1.54) is 32.1 Å². The van der Waals surface area contributed by atoms with E-state index in [0.717, 1.165) is 22.9 Å². The summed E-state index contributed by atoms with van der Waals surface area (Å²) < 4.78 is 5.33. The molecule has 1 N–H and O–H groups in total. The van der Waals surface area contributed by atoms with Gasteiger partial charge in [0.05, 0.1) is 6.20 Å². The van der Waals surface area contributed by atoms with Crippen molar-refractivity contribution in [1.82, 2.24) is 4.98 Å². The van der Waals surface area contributed by atoms with Gasteiger partial charge >= 0.3 is 0 Å². The van der Waals surface area contributed by atoms with Crippen LogP contribution in [0.2, 0.25) is 0 Å². The minimum Gasteiger partial charge on any atom is -0.444 e. The van der Waals surface area contributed by atoms with Gasteiger partial charge in [-0.05, 0) is 37.8 Å². The van der Waals surface area contributed by atoms with Gasteiger partial charge in [-0.3, -0.25) is 0 Å². The van der Waals surface area contributed by atoms with Crippen molar-refractivity contribution < 1.29 is 4.42 Å². The van der Waals surface area contributed by atoms with Gasteiger partial charge in [0.2, 0.25) is 0 Å². The van der Waals surface area contributed by atoms with E-state index in [1.807, 2.05) is 12.1 Å². The molecule has 3 heteroatoms. The summed E-state index contributed by atoms with van der Waals surface area (Å²) in [7, 11) is 0. The largest absolute Gasteiger partial charge is 0.444 e. The topological polar surface area (TPSA) is 38.1 Å². The maximum Gasteiger partial charge on any atom is 0.181 e. The predicted molar refractivity (Wildman–Crippen MR) is 77.0 cm³/mol. The van der Waals surface area contributed by atoms with Crippen LogP contribution in [0.15, 0.2) is 41.3 Å². The Morgan fingerprint density at radius 1 is 1.42 bits per heavy atom. The number of rotatable bonds is 6. The highest BCUT2D eigenvalue weighted by Crippen LogP contribution is 2.34. The van der Waals surface area contributed by atoms with Crippen LogP contribution in [0.25, 0.3) is 11.3 Å². The van der Waals surface area contributed by atoms with Crippen LogP contribution in [0.4, 0.5) is 5.69 Å². The Morgan fingerprint density at radius 3 is 3.05 bits per heavy atom. The van der Waals surface area contributed by atoms with Crippen LogP contribution in [0.5, 0.6) is 0 Å². The second-order valence-corrected chi connectivity index (χ2v) is 5.51. The average molecular weight is 256 g/mol. The molecule has 1 aliphatic rings. The van der Waals surface area contributed by atoms with Crippen LogP contribution in [-0.4, -0.2) is 11.0 Å². The molecule has 0 amide bonds. The van der Waals surface area contributed by atoms with Crippen molar-refractivity contribution in [3.05, 3.63) is 36.9 Å². The summed E-state index contributed by atoms with van der Waals surface area (Å²) in [5.41, 5.74) is 2.22. The monoisotopic (exact) mass is 256 g/mol. The molecular formula is C16H20N2O. The molecule has 100 valence electrons. The van der Waals surface area contributed by atoms with Gasteiger partial charge in [0.15, 0.2) is 12.2 Å². The lowest BCUT2D eigenvalue weighted by Crippen LogP contribution is -2.15. The van der Waals surface area contributed by atoms with E-state index < -0.39 is 0 Å². The highest BCUT2D eigenvalue weighted by atomic mass is 16.3. The van der Waals surface area contributed by atoms with Gasteiger partial charge < -0.3 is 9.73 Å². The number of nitrogens with zero attached hydrogens (tertiary/aromatic N) is 1. The van der Waals surface area contributed by atoms with Gasteiger partial charge in [-0.2, -0.15) is 0 Å². The zero-order valence-corrected chi connectivity index (χ0v) is 11.3. The molecule has 3 nitrogen and oxygen atoms in total. The van der Waals surface area contributed by atoms with Crippen molar-refractivity contribution in [3.8, 4) is 11.3 Å². The van der Waals surface area contributed by atoms with Crippen LogP contribution in [0, 0.1) is 5.92 Å². The van der Waals surface area contributed by atoms with Crippen LogP contribution in [0.1, 0.15) is 32.6 Å². The van der Waals surface area contributed by atoms with Crippen LogP contribution >= 0.6 is 0 Å². The Hall–Kier alpha value is -1.77. The summed E-state index contributed by atoms with van der Waals surface area (Å²) in [6, 6.07) is 8.83. The Balaban J connectivity index is 1.62. The fourth-order valence-corrected chi connectivity index (χ4v) is 2.37. The molecule has 1 atom stereocenters. The molecule has 0 aliphatic heterocycles. The number of oxazole rings is 1. The Morgan fingerprint density at radius 2 is 2.32 bits per heavy atom. The van der Waals surface area contributed by atoms with E-state index in [2.05, 4.69) is 29.4 Å². The maximum absolute atomic E-state index is 5.33. The van der Waals surface area contributed by atoms with Gasteiger partial charge in [0, 0.05) is 17.3 Å². The Kier molecular flexibility index (Phi) is 3.53. The molecule has 1 heterocycles. The Bertz CT molecular complexity index is 517. The zero-order valence-electron chi connectivity index (χ0n) is 11.3. The number of anilines is 1. The molecule has 1 aliphatic carbocycles. The van der Waals surface area contributed by atoms with Gasteiger partial charge in [-0.25, -0.2) is 4.98 Å². The van der Waals surface area contributed by atoms with E-state index in [-0.39, 0.29) is 0 Å². The van der Waals surface area contributed by atoms with Crippen molar-refractivity contribution >= 4 is 5.69 Å². The van der Waals surface area contributed by atoms with Crippen molar-refractivity contribution in [1.29, 1.82) is 0 Å². The third kappa shape index (κ3) is 3.37. The van der Waals surface area contributed by atoms with Crippen molar-refractivity contribution in [2.75, 3.05) is 5.32 Å². The molecule has 1 aromatic carbocycles. The van der Waals surface area contributed by atoms with Crippen molar-refractivity contribution in [2.45, 2.75) is 38.6 Å². The summed E-state index contributed by atoms with van der Waals surface area (Å²) in [4.78, 5) is 3.96. The van der Waals surface area contributed by atoms with Crippen LogP contribution < -0.4 is 5.32 Å².